The minimum Gasteiger partial charge on any atom is -0.292 e. The number of para-hydroxylation sites is 4. The lowest BCUT2D eigenvalue weighted by molar-refractivity contribution is 1.08. The lowest BCUT2D eigenvalue weighted by atomic mass is 9.93. The summed E-state index contributed by atoms with van der Waals surface area (Å²) in [4.78, 5) is 32.2. The second kappa shape index (κ2) is 29.3. The Hall–Kier alpha value is -17.9. The number of hydrogen-bond donors (Lipinski definition) is 0. The molecule has 9 heteroatoms. The molecule has 0 atom stereocenters. The third-order valence-corrected chi connectivity index (χ3v) is 27.8. The van der Waals surface area contributed by atoms with E-state index >= 15 is 0 Å². The van der Waals surface area contributed by atoms with Gasteiger partial charge in [-0.2, -0.15) is 0 Å². The van der Waals surface area contributed by atoms with Crippen LogP contribution in [0.2, 0.25) is 0 Å². The first-order valence-corrected chi connectivity index (χ1v) is 45.4. The highest BCUT2D eigenvalue weighted by atomic mass is 15.1. The third kappa shape index (κ3) is 11.3. The fourth-order valence-corrected chi connectivity index (χ4v) is 22.0. The summed E-state index contributed by atoms with van der Waals surface area (Å²) in [7, 11) is 0. The highest BCUT2D eigenvalue weighted by Gasteiger charge is 2.32. The summed E-state index contributed by atoms with van der Waals surface area (Å²) < 4.78 is 7.04. The molecular formula is C124H73N9. The zero-order chi connectivity index (χ0) is 87.0. The molecule has 0 unspecified atom stereocenters. The van der Waals surface area contributed by atoms with Crippen LogP contribution in [0.1, 0.15) is 0 Å². The molecule has 9 nitrogen and oxygen atoms in total. The van der Waals surface area contributed by atoms with E-state index in [0.717, 1.165) is 134 Å². The summed E-state index contributed by atoms with van der Waals surface area (Å²) in [6.45, 7) is 0. The number of nitrogens with zero attached hydrogens (tertiary/aromatic N) is 9. The molecule has 3 aliphatic carbocycles. The van der Waals surface area contributed by atoms with Crippen LogP contribution < -0.4 is 0 Å². The van der Waals surface area contributed by atoms with Crippen LogP contribution >= 0.6 is 0 Å². The van der Waals surface area contributed by atoms with E-state index in [-0.39, 0.29) is 0 Å². The average molecular weight is 1690 g/mol. The highest BCUT2D eigenvalue weighted by molar-refractivity contribution is 6.34. The zero-order valence-electron chi connectivity index (χ0n) is 71.7. The topological polar surface area (TPSA) is 92.1 Å². The Morgan fingerprint density at radius 2 is 0.414 bits per heavy atom. The van der Waals surface area contributed by atoms with Gasteiger partial charge in [-0.3, -0.25) is 13.7 Å². The van der Waals surface area contributed by atoms with Gasteiger partial charge in [0.25, 0.3) is 0 Å². The lowest BCUT2D eigenvalue weighted by Gasteiger charge is -2.16. The lowest BCUT2D eigenvalue weighted by Crippen LogP contribution is -2.04. The molecule has 0 saturated heterocycles. The van der Waals surface area contributed by atoms with Crippen molar-refractivity contribution in [1.29, 1.82) is 0 Å². The molecule has 0 spiro atoms. The van der Waals surface area contributed by atoms with Gasteiger partial charge in [0.05, 0.1) is 66.2 Å². The minimum atomic E-state index is 0.835. The van der Waals surface area contributed by atoms with Gasteiger partial charge in [-0.1, -0.05) is 370 Å². The molecule has 30 rings (SSSR count). The van der Waals surface area contributed by atoms with Crippen LogP contribution in [-0.2, 0) is 0 Å². The van der Waals surface area contributed by atoms with Crippen molar-refractivity contribution in [3.63, 3.8) is 0 Å². The molecule has 133 heavy (non-hydrogen) atoms. The molecule has 614 valence electrons. The molecule has 0 saturated carbocycles. The first-order valence-electron chi connectivity index (χ1n) is 45.4. The van der Waals surface area contributed by atoms with Gasteiger partial charge in [-0.05, 0) is 200 Å². The average Bonchev–Trinajstić information content (AvgIpc) is 1.55. The van der Waals surface area contributed by atoms with Gasteiger partial charge < -0.3 is 0 Å². The van der Waals surface area contributed by atoms with E-state index in [1.807, 2.05) is 30.3 Å². The van der Waals surface area contributed by atoms with Crippen LogP contribution in [-0.4, -0.2) is 43.6 Å². The number of fused-ring (bicyclic) bond motifs is 14. The Labute approximate surface area is 763 Å². The molecule has 6 aromatic heterocycles. The minimum absolute atomic E-state index is 0.835. The van der Waals surface area contributed by atoms with Crippen LogP contribution in [0.4, 0.5) is 0 Å². The van der Waals surface area contributed by atoms with E-state index in [0.29, 0.717) is 0 Å². The zero-order valence-corrected chi connectivity index (χ0v) is 71.7. The maximum Gasteiger partial charge on any atom is 0.165 e. The number of benzene rings is 21. The SMILES string of the molecule is c1ccc(-c2ccc(-c3nc4ccccc4nc3-n3c4cccc5c4c4c6c(cccc6ccc43)-c3ccccc3-5)cc2)cc1.c1ccc(-c2cccc(-c3nc4ccccc4nc3-n3c4cccc5c4c4c6c(cccc6ccc43)-c3ccccc3-5)c2)cc1.c1ccc(-c2nc3c(ccc4ccccc43)nc2-n2c3cccc4c3c3c5c(cccc5ccc32)-c2ccccc2-4)cc1. The van der Waals surface area contributed by atoms with Gasteiger partial charge in [-0.25, -0.2) is 29.9 Å². The fraction of sp³-hybridized carbons (Fsp3) is 0. The Morgan fingerprint density at radius 1 is 0.143 bits per heavy atom. The summed E-state index contributed by atoms with van der Waals surface area (Å²) in [5.74, 6) is 2.52. The van der Waals surface area contributed by atoms with Crippen LogP contribution in [0.3, 0.4) is 0 Å². The molecule has 21 aromatic carbocycles. The second-order valence-corrected chi connectivity index (χ2v) is 34.9. The first kappa shape index (κ1) is 74.2. The van der Waals surface area contributed by atoms with Crippen molar-refractivity contribution in [3.05, 3.63) is 443 Å². The van der Waals surface area contributed by atoms with E-state index in [9.17, 15) is 0 Å². The molecule has 0 fully saturated rings. The van der Waals surface area contributed by atoms with Crippen molar-refractivity contribution in [2.24, 2.45) is 0 Å². The van der Waals surface area contributed by atoms with Gasteiger partial charge >= 0.3 is 0 Å². The number of aromatic nitrogens is 9. The largest absolute Gasteiger partial charge is 0.292 e. The molecule has 3 aliphatic rings. The summed E-state index contributed by atoms with van der Waals surface area (Å²) in [5.41, 5.74) is 37.7. The van der Waals surface area contributed by atoms with Crippen molar-refractivity contribution in [2.45, 2.75) is 0 Å². The molecular weight excluding hydrogens is 1620 g/mol. The second-order valence-electron chi connectivity index (χ2n) is 34.9. The maximum atomic E-state index is 5.44. The van der Waals surface area contributed by atoms with Crippen LogP contribution in [0.25, 0.3) is 282 Å². The molecule has 0 aliphatic heterocycles. The summed E-state index contributed by atoms with van der Waals surface area (Å²) in [6, 6.07) is 158. The van der Waals surface area contributed by atoms with Gasteiger partial charge in [0.1, 0.15) is 17.1 Å². The Kier molecular flexibility index (Phi) is 16.4. The first-order chi connectivity index (χ1) is 66.0. The monoisotopic (exact) mass is 1690 g/mol. The molecule has 0 amide bonds. The van der Waals surface area contributed by atoms with Crippen molar-refractivity contribution >= 4 is 142 Å². The summed E-state index contributed by atoms with van der Waals surface area (Å²) in [5, 5.41) is 17.5. The molecule has 27 aromatic rings. The van der Waals surface area contributed by atoms with Gasteiger partial charge in [-0.15, -0.1) is 0 Å². The van der Waals surface area contributed by atoms with Gasteiger partial charge in [0.2, 0.25) is 0 Å². The van der Waals surface area contributed by atoms with Gasteiger partial charge in [0.15, 0.2) is 17.5 Å². The number of hydrogen-bond acceptors (Lipinski definition) is 6. The van der Waals surface area contributed by atoms with Crippen molar-refractivity contribution < 1.29 is 0 Å². The standard InChI is InChI=1S/2C42H25N3.C40H23N3/c1-2-11-26(12-3-1)28-14-8-15-29(25-28)41-42(44-35-21-7-6-20-34(35)43-41)45-36-22-10-19-33-31-17-5-4-16-30(31)32-18-9-13-27-23-24-37(45)40(38(27)32)39(33)36;1-2-10-26(11-3-1)27-20-22-29(23-21-27)41-42(44-35-18-7-6-17-34(35)43-41)45-36-19-9-16-33-31-14-5-4-13-30(31)32-15-8-12-28-24-25-37(45)40(38(28)32)39(33)36;1-2-11-26(12-3-1)38-40(41-32-22-20-24-10-4-5-14-27(24)39(32)42-38)43-33-19-9-18-31-29-16-7-6-15-28(29)30-17-8-13-25-21-23-34(43)37(35(25)30)36(31)33/h2*1-25H;1-23H. The van der Waals surface area contributed by atoms with Crippen molar-refractivity contribution in [2.75, 3.05) is 0 Å². The predicted octanol–water partition coefficient (Wildman–Crippen LogP) is 32.1. The number of rotatable bonds is 8. The van der Waals surface area contributed by atoms with E-state index in [1.54, 1.807) is 0 Å². The van der Waals surface area contributed by atoms with Crippen molar-refractivity contribution in [1.82, 2.24) is 43.6 Å². The smallest absolute Gasteiger partial charge is 0.165 e. The molecule has 0 N–H and O–H groups in total. The molecule has 0 bridgehead atoms. The van der Waals surface area contributed by atoms with E-state index < -0.39 is 0 Å². The Bertz CT molecular complexity index is 9650. The van der Waals surface area contributed by atoms with E-state index in [4.69, 9.17) is 29.9 Å². The fourth-order valence-electron chi connectivity index (χ4n) is 22.0. The third-order valence-electron chi connectivity index (χ3n) is 27.8. The van der Waals surface area contributed by atoms with E-state index in [1.165, 1.54) is 148 Å². The molecule has 0 radical (unpaired) electrons. The summed E-state index contributed by atoms with van der Waals surface area (Å²) >= 11 is 0. The summed E-state index contributed by atoms with van der Waals surface area (Å²) in [6.07, 6.45) is 0. The van der Waals surface area contributed by atoms with Crippen LogP contribution in [0.15, 0.2) is 443 Å². The van der Waals surface area contributed by atoms with Gasteiger partial charge in [0, 0.05) is 54.4 Å². The quantitative estimate of drug-likeness (QED) is 0.141. The highest BCUT2D eigenvalue weighted by Crippen LogP contribution is 2.55. The Balaban J connectivity index is 0.0000000996. The Morgan fingerprint density at radius 3 is 0.850 bits per heavy atom. The predicted molar refractivity (Wildman–Crippen MR) is 552 cm³/mol. The maximum absolute atomic E-state index is 5.44. The van der Waals surface area contributed by atoms with Crippen molar-refractivity contribution in [3.8, 4) is 140 Å². The van der Waals surface area contributed by atoms with Crippen LogP contribution in [0.5, 0.6) is 0 Å². The van der Waals surface area contributed by atoms with E-state index in [2.05, 4.69) is 426 Å². The normalized spacial score (nSPS) is 12.1. The van der Waals surface area contributed by atoms with Crippen LogP contribution in [0, 0.1) is 0 Å². The molecule has 6 heterocycles.